The maximum atomic E-state index is 14.4. The molecule has 5 nitrogen and oxygen atoms in total. The Morgan fingerprint density at radius 3 is 2.70 bits per heavy atom. The van der Waals surface area contributed by atoms with E-state index in [1.807, 2.05) is 13.0 Å². The minimum absolute atomic E-state index is 0.187. The van der Waals surface area contributed by atoms with E-state index in [2.05, 4.69) is 0 Å². The van der Waals surface area contributed by atoms with Gasteiger partial charge in [-0.15, -0.1) is 0 Å². The summed E-state index contributed by atoms with van der Waals surface area (Å²) in [5.41, 5.74) is 3.09. The van der Waals surface area contributed by atoms with Crippen LogP contribution in [0.3, 0.4) is 0 Å². The minimum atomic E-state index is -3.38. The second-order valence-electron chi connectivity index (χ2n) is 7.26. The maximum Gasteiger partial charge on any atom is 0.258 e. The number of carbonyl (C=O) groups is 1. The van der Waals surface area contributed by atoms with Gasteiger partial charge in [0.15, 0.2) is 0 Å². The number of nitrogens with zero attached hydrogens (tertiary/aromatic N) is 2. The highest BCUT2D eigenvalue weighted by Crippen LogP contribution is 2.36. The molecule has 1 unspecified atom stereocenters. The number of benzene rings is 2. The lowest BCUT2D eigenvalue weighted by Gasteiger charge is -2.30. The summed E-state index contributed by atoms with van der Waals surface area (Å²) in [4.78, 5) is 14.6. The van der Waals surface area contributed by atoms with Gasteiger partial charge in [-0.25, -0.2) is 12.8 Å². The Morgan fingerprint density at radius 1 is 1.19 bits per heavy atom. The Hall–Kier alpha value is -2.41. The van der Waals surface area contributed by atoms with Crippen LogP contribution in [0.25, 0.3) is 0 Å². The zero-order valence-electron chi connectivity index (χ0n) is 15.3. The van der Waals surface area contributed by atoms with Crippen LogP contribution in [-0.4, -0.2) is 33.2 Å². The molecular weight excluding hydrogens is 367 g/mol. The molecule has 2 heterocycles. The predicted octanol–water partition coefficient (Wildman–Crippen LogP) is 3.13. The van der Waals surface area contributed by atoms with Crippen molar-refractivity contribution in [3.05, 3.63) is 58.9 Å². The smallest absolute Gasteiger partial charge is 0.258 e. The van der Waals surface area contributed by atoms with Crippen LogP contribution >= 0.6 is 0 Å². The molecule has 4 rings (SSSR count). The average molecular weight is 388 g/mol. The number of carbonyl (C=O) groups excluding carboxylic acids is 1. The summed E-state index contributed by atoms with van der Waals surface area (Å²) in [5, 5.41) is 0. The molecule has 142 valence electrons. The average Bonchev–Trinajstić information content (AvgIpc) is 2.96. The Balaban J connectivity index is 1.71. The Labute approximate surface area is 158 Å². The fourth-order valence-electron chi connectivity index (χ4n) is 4.20. The SMILES string of the molecule is CC1Cc2cc(C(=O)N3CCCc4cccc(F)c43)ccc2N1S(C)(=O)=O. The number of halogens is 1. The van der Waals surface area contributed by atoms with Crippen LogP contribution in [0.15, 0.2) is 36.4 Å². The van der Waals surface area contributed by atoms with Crippen molar-refractivity contribution in [3.63, 3.8) is 0 Å². The van der Waals surface area contributed by atoms with Crippen molar-refractivity contribution < 1.29 is 17.6 Å². The van der Waals surface area contributed by atoms with Crippen LogP contribution in [0.2, 0.25) is 0 Å². The van der Waals surface area contributed by atoms with Gasteiger partial charge >= 0.3 is 0 Å². The number of hydrogen-bond acceptors (Lipinski definition) is 3. The number of sulfonamides is 1. The summed E-state index contributed by atoms with van der Waals surface area (Å²) in [5.74, 6) is -0.645. The molecule has 0 N–H and O–H groups in total. The van der Waals surface area contributed by atoms with E-state index in [1.165, 1.54) is 21.5 Å². The van der Waals surface area contributed by atoms with Gasteiger partial charge in [-0.05, 0) is 61.6 Å². The topological polar surface area (TPSA) is 57.7 Å². The molecule has 2 aliphatic heterocycles. The standard InChI is InChI=1S/C20H21FN2O3S/c1-13-11-16-12-15(8-9-18(16)23(13)27(2,25)26)20(24)22-10-4-6-14-5-3-7-17(21)19(14)22/h3,5,7-9,12-13H,4,6,10-11H2,1-2H3. The molecule has 1 amide bonds. The number of anilines is 2. The first-order valence-corrected chi connectivity index (χ1v) is 10.8. The van der Waals surface area contributed by atoms with Gasteiger partial charge in [0.25, 0.3) is 5.91 Å². The molecule has 0 bridgehead atoms. The molecule has 7 heteroatoms. The van der Waals surface area contributed by atoms with Crippen molar-refractivity contribution in [3.8, 4) is 0 Å². The van der Waals surface area contributed by atoms with Crippen LogP contribution < -0.4 is 9.21 Å². The van der Waals surface area contributed by atoms with E-state index >= 15 is 0 Å². The molecule has 2 aromatic rings. The number of rotatable bonds is 2. The summed E-state index contributed by atoms with van der Waals surface area (Å²) >= 11 is 0. The van der Waals surface area contributed by atoms with Crippen molar-refractivity contribution >= 4 is 27.3 Å². The fraction of sp³-hybridized carbons (Fsp3) is 0.350. The molecule has 0 radical (unpaired) electrons. The molecule has 2 aromatic carbocycles. The van der Waals surface area contributed by atoms with E-state index < -0.39 is 15.8 Å². The van der Waals surface area contributed by atoms with E-state index in [4.69, 9.17) is 0 Å². The van der Waals surface area contributed by atoms with Gasteiger partial charge in [0.05, 0.1) is 17.6 Å². The zero-order chi connectivity index (χ0) is 19.3. The van der Waals surface area contributed by atoms with Crippen LogP contribution in [0.5, 0.6) is 0 Å². The van der Waals surface area contributed by atoms with Crippen molar-refractivity contribution in [1.29, 1.82) is 0 Å². The fourth-order valence-corrected chi connectivity index (χ4v) is 5.47. The highest BCUT2D eigenvalue weighted by Gasteiger charge is 2.34. The second kappa shape index (κ2) is 6.34. The first-order valence-electron chi connectivity index (χ1n) is 8.99. The first kappa shape index (κ1) is 18.0. The lowest BCUT2D eigenvalue weighted by Crippen LogP contribution is -2.36. The minimum Gasteiger partial charge on any atom is -0.305 e. The van der Waals surface area contributed by atoms with Crippen LogP contribution in [0.1, 0.15) is 34.8 Å². The lowest BCUT2D eigenvalue weighted by atomic mass is 9.99. The third kappa shape index (κ3) is 3.00. The van der Waals surface area contributed by atoms with Crippen molar-refractivity contribution in [2.75, 3.05) is 22.0 Å². The van der Waals surface area contributed by atoms with Crippen molar-refractivity contribution in [2.45, 2.75) is 32.2 Å². The lowest BCUT2D eigenvalue weighted by molar-refractivity contribution is 0.0984. The summed E-state index contributed by atoms with van der Waals surface area (Å²) < 4.78 is 39.9. The molecule has 0 spiro atoms. The molecule has 0 fully saturated rings. The van der Waals surface area contributed by atoms with Crippen LogP contribution in [-0.2, 0) is 22.9 Å². The molecule has 0 saturated heterocycles. The number of para-hydroxylation sites is 1. The molecule has 0 aromatic heterocycles. The van der Waals surface area contributed by atoms with Gasteiger partial charge in [-0.1, -0.05) is 12.1 Å². The highest BCUT2D eigenvalue weighted by molar-refractivity contribution is 7.92. The van der Waals surface area contributed by atoms with Gasteiger partial charge < -0.3 is 4.90 Å². The quantitative estimate of drug-likeness (QED) is 0.794. The van der Waals surface area contributed by atoms with E-state index in [9.17, 15) is 17.6 Å². The summed E-state index contributed by atoms with van der Waals surface area (Å²) in [7, 11) is -3.38. The van der Waals surface area contributed by atoms with Gasteiger partial charge in [-0.3, -0.25) is 9.10 Å². The second-order valence-corrected chi connectivity index (χ2v) is 9.12. The number of amides is 1. The summed E-state index contributed by atoms with van der Waals surface area (Å²) in [6.45, 7) is 2.31. The van der Waals surface area contributed by atoms with E-state index in [1.54, 1.807) is 24.3 Å². The van der Waals surface area contributed by atoms with E-state index in [0.717, 1.165) is 24.0 Å². The Morgan fingerprint density at radius 2 is 1.96 bits per heavy atom. The normalized spacial score (nSPS) is 19.0. The number of aryl methyl sites for hydroxylation is 1. The zero-order valence-corrected chi connectivity index (χ0v) is 16.1. The molecular formula is C20H21FN2O3S. The number of hydrogen-bond donors (Lipinski definition) is 0. The number of fused-ring (bicyclic) bond motifs is 2. The molecule has 0 saturated carbocycles. The van der Waals surface area contributed by atoms with Gasteiger partial charge in [0.2, 0.25) is 10.0 Å². The van der Waals surface area contributed by atoms with Gasteiger partial charge in [0.1, 0.15) is 5.82 Å². The Bertz CT molecular complexity index is 1040. The molecule has 1 atom stereocenters. The highest BCUT2D eigenvalue weighted by atomic mass is 32.2. The van der Waals surface area contributed by atoms with Crippen LogP contribution in [0, 0.1) is 5.82 Å². The van der Waals surface area contributed by atoms with Gasteiger partial charge in [-0.2, -0.15) is 0 Å². The maximum absolute atomic E-state index is 14.4. The predicted molar refractivity (Wildman–Crippen MR) is 103 cm³/mol. The summed E-state index contributed by atoms with van der Waals surface area (Å²) in [6.07, 6.45) is 3.27. The largest absolute Gasteiger partial charge is 0.305 e. The monoisotopic (exact) mass is 388 g/mol. The van der Waals surface area contributed by atoms with Crippen molar-refractivity contribution in [1.82, 2.24) is 0 Å². The Kier molecular flexibility index (Phi) is 4.22. The molecule has 27 heavy (non-hydrogen) atoms. The van der Waals surface area contributed by atoms with E-state index in [0.29, 0.717) is 29.9 Å². The van der Waals surface area contributed by atoms with Gasteiger partial charge in [0, 0.05) is 18.2 Å². The van der Waals surface area contributed by atoms with Crippen molar-refractivity contribution in [2.24, 2.45) is 0 Å². The van der Waals surface area contributed by atoms with E-state index in [-0.39, 0.29) is 11.9 Å². The van der Waals surface area contributed by atoms with Crippen LogP contribution in [0.4, 0.5) is 15.8 Å². The summed E-state index contributed by atoms with van der Waals surface area (Å²) in [6, 6.07) is 9.76. The third-order valence-corrected chi connectivity index (χ3v) is 6.52. The first-order chi connectivity index (χ1) is 12.8. The molecule has 2 aliphatic rings. The molecule has 0 aliphatic carbocycles. The third-order valence-electron chi connectivity index (χ3n) is 5.25.